The van der Waals surface area contributed by atoms with E-state index in [4.69, 9.17) is 4.74 Å². The van der Waals surface area contributed by atoms with Gasteiger partial charge in [-0.1, -0.05) is 6.42 Å². The van der Waals surface area contributed by atoms with Gasteiger partial charge in [-0.05, 0) is 19.8 Å². The molecule has 0 saturated carbocycles. The summed E-state index contributed by atoms with van der Waals surface area (Å²) in [5.41, 5.74) is 0. The summed E-state index contributed by atoms with van der Waals surface area (Å²) in [6.07, 6.45) is 2.36. The molecule has 0 rings (SSSR count). The summed E-state index contributed by atoms with van der Waals surface area (Å²) in [6, 6.07) is 0. The molecule has 0 aliphatic carbocycles. The quantitative estimate of drug-likeness (QED) is 0.258. The lowest BCUT2D eigenvalue weighted by Crippen LogP contribution is -2.04. The smallest absolute Gasteiger partial charge is 0.305 e. The Morgan fingerprint density at radius 2 is 2.07 bits per heavy atom. The zero-order valence-electron chi connectivity index (χ0n) is 8.23. The third kappa shape index (κ3) is 8.76. The maximum absolute atomic E-state index is 10.8. The zero-order valence-corrected chi connectivity index (χ0v) is 8.23. The van der Waals surface area contributed by atoms with Crippen molar-refractivity contribution in [3.05, 3.63) is 10.1 Å². The molecule has 0 amide bonds. The van der Waals surface area contributed by atoms with Crippen molar-refractivity contribution in [1.29, 1.82) is 0 Å². The van der Waals surface area contributed by atoms with Gasteiger partial charge in [-0.15, -0.1) is 10.1 Å². The Morgan fingerprint density at radius 3 is 2.64 bits per heavy atom. The third-order valence-electron chi connectivity index (χ3n) is 1.53. The third-order valence-corrected chi connectivity index (χ3v) is 1.53. The number of nitrogens with zero attached hydrogens (tertiary/aromatic N) is 1. The lowest BCUT2D eigenvalue weighted by Gasteiger charge is -2.01. The van der Waals surface area contributed by atoms with Gasteiger partial charge in [0.05, 0.1) is 13.2 Å². The zero-order chi connectivity index (χ0) is 10.8. The largest absolute Gasteiger partial charge is 0.466 e. The summed E-state index contributed by atoms with van der Waals surface area (Å²) in [5, 5.41) is 8.92. The van der Waals surface area contributed by atoms with E-state index in [1.165, 1.54) is 0 Å². The molecular weight excluding hydrogens is 190 g/mol. The predicted molar refractivity (Wildman–Crippen MR) is 48.0 cm³/mol. The molecule has 82 valence electrons. The first kappa shape index (κ1) is 12.7. The van der Waals surface area contributed by atoms with Crippen LogP contribution < -0.4 is 0 Å². The molecule has 0 aromatic heterocycles. The Kier molecular flexibility index (Phi) is 7.49. The molecular formula is C8H15NO5. The number of unbranched alkanes of at least 4 members (excludes halogenated alkanes) is 2. The fourth-order valence-corrected chi connectivity index (χ4v) is 0.920. The first-order valence-electron chi connectivity index (χ1n) is 4.59. The molecule has 0 radical (unpaired) electrons. The van der Waals surface area contributed by atoms with E-state index in [1.807, 2.05) is 0 Å². The van der Waals surface area contributed by atoms with Gasteiger partial charge in [-0.25, -0.2) is 0 Å². The number of carbonyl (C=O) groups is 1. The van der Waals surface area contributed by atoms with Gasteiger partial charge in [0.2, 0.25) is 0 Å². The highest BCUT2D eigenvalue weighted by Crippen LogP contribution is 2.01. The minimum Gasteiger partial charge on any atom is -0.466 e. The van der Waals surface area contributed by atoms with Crippen LogP contribution in [-0.4, -0.2) is 24.3 Å². The summed E-state index contributed by atoms with van der Waals surface area (Å²) >= 11 is 0. The van der Waals surface area contributed by atoms with Crippen molar-refractivity contribution >= 4 is 5.97 Å². The molecule has 0 aromatic carbocycles. The average molecular weight is 205 g/mol. The summed E-state index contributed by atoms with van der Waals surface area (Å²) < 4.78 is 4.71. The molecule has 0 heterocycles. The van der Waals surface area contributed by atoms with Crippen LogP contribution in [0, 0.1) is 10.1 Å². The van der Waals surface area contributed by atoms with Crippen LogP contribution >= 0.6 is 0 Å². The first-order chi connectivity index (χ1) is 6.66. The summed E-state index contributed by atoms with van der Waals surface area (Å²) in [5.74, 6) is -0.220. The van der Waals surface area contributed by atoms with Gasteiger partial charge in [0.25, 0.3) is 5.09 Å². The van der Waals surface area contributed by atoms with E-state index in [2.05, 4.69) is 4.84 Å². The van der Waals surface area contributed by atoms with Gasteiger partial charge in [-0.3, -0.25) is 4.79 Å². The molecule has 0 bridgehead atoms. The topological polar surface area (TPSA) is 78.7 Å². The highest BCUT2D eigenvalue weighted by molar-refractivity contribution is 5.69. The number of esters is 1. The second kappa shape index (κ2) is 8.28. The molecule has 6 nitrogen and oxygen atoms in total. The van der Waals surface area contributed by atoms with Crippen LogP contribution in [-0.2, 0) is 14.4 Å². The van der Waals surface area contributed by atoms with Crippen LogP contribution in [0.3, 0.4) is 0 Å². The number of carbonyl (C=O) groups excluding carboxylic acids is 1. The number of hydrogen-bond acceptors (Lipinski definition) is 5. The van der Waals surface area contributed by atoms with Crippen molar-refractivity contribution in [2.24, 2.45) is 0 Å². The molecule has 0 aliphatic rings. The van der Waals surface area contributed by atoms with Gasteiger partial charge in [0.15, 0.2) is 0 Å². The van der Waals surface area contributed by atoms with E-state index >= 15 is 0 Å². The second-order valence-corrected chi connectivity index (χ2v) is 2.67. The Balaban J connectivity index is 3.13. The van der Waals surface area contributed by atoms with Crippen molar-refractivity contribution in [3.8, 4) is 0 Å². The van der Waals surface area contributed by atoms with Crippen LogP contribution in [0.5, 0.6) is 0 Å². The van der Waals surface area contributed by atoms with Crippen LogP contribution in [0.15, 0.2) is 0 Å². The Hall–Kier alpha value is -1.33. The summed E-state index contributed by atoms with van der Waals surface area (Å²) in [7, 11) is 0. The highest BCUT2D eigenvalue weighted by Gasteiger charge is 2.01. The monoisotopic (exact) mass is 205 g/mol. The fourth-order valence-electron chi connectivity index (χ4n) is 0.920. The maximum Gasteiger partial charge on any atom is 0.305 e. The summed E-state index contributed by atoms with van der Waals surface area (Å²) in [6.45, 7) is 2.24. The van der Waals surface area contributed by atoms with Crippen molar-refractivity contribution in [1.82, 2.24) is 0 Å². The highest BCUT2D eigenvalue weighted by atomic mass is 16.9. The molecule has 0 spiro atoms. The van der Waals surface area contributed by atoms with Crippen molar-refractivity contribution < 1.29 is 19.5 Å². The number of rotatable bonds is 8. The summed E-state index contributed by atoms with van der Waals surface area (Å²) in [4.78, 5) is 24.7. The molecule has 0 fully saturated rings. The van der Waals surface area contributed by atoms with E-state index in [9.17, 15) is 14.9 Å². The normalized spacial score (nSPS) is 9.50. The van der Waals surface area contributed by atoms with Crippen molar-refractivity contribution in [2.45, 2.75) is 32.6 Å². The van der Waals surface area contributed by atoms with Crippen LogP contribution in [0.25, 0.3) is 0 Å². The van der Waals surface area contributed by atoms with Gasteiger partial charge in [0, 0.05) is 6.42 Å². The lowest BCUT2D eigenvalue weighted by atomic mass is 10.2. The standard InChI is InChI=1S/C8H15NO5/c1-2-13-8(10)6-4-3-5-7-14-9(11)12/h2-7H2,1H3. The minimum atomic E-state index is -0.814. The fraction of sp³-hybridized carbons (Fsp3) is 0.875. The van der Waals surface area contributed by atoms with Crippen LogP contribution in [0.2, 0.25) is 0 Å². The van der Waals surface area contributed by atoms with Crippen LogP contribution in [0.1, 0.15) is 32.6 Å². The van der Waals surface area contributed by atoms with E-state index in [0.29, 0.717) is 25.9 Å². The molecule has 6 heteroatoms. The first-order valence-corrected chi connectivity index (χ1v) is 4.59. The Bertz CT molecular complexity index is 183. The van der Waals surface area contributed by atoms with Gasteiger partial charge >= 0.3 is 5.97 Å². The van der Waals surface area contributed by atoms with E-state index in [-0.39, 0.29) is 12.6 Å². The van der Waals surface area contributed by atoms with Gasteiger partial charge < -0.3 is 9.57 Å². The van der Waals surface area contributed by atoms with Crippen LogP contribution in [0.4, 0.5) is 0 Å². The molecule has 0 saturated heterocycles. The van der Waals surface area contributed by atoms with Gasteiger partial charge in [-0.2, -0.15) is 0 Å². The van der Waals surface area contributed by atoms with Gasteiger partial charge in [0.1, 0.15) is 0 Å². The molecule has 0 aromatic rings. The van der Waals surface area contributed by atoms with E-state index in [0.717, 1.165) is 6.42 Å². The SMILES string of the molecule is CCOC(=O)CCCCCO[N+](=O)[O-]. The maximum atomic E-state index is 10.8. The van der Waals surface area contributed by atoms with E-state index < -0.39 is 5.09 Å². The molecule has 14 heavy (non-hydrogen) atoms. The van der Waals surface area contributed by atoms with Crippen molar-refractivity contribution in [2.75, 3.05) is 13.2 Å². The predicted octanol–water partition coefficient (Wildman–Crippen LogP) is 1.32. The molecule has 0 unspecified atom stereocenters. The molecule has 0 aliphatic heterocycles. The second-order valence-electron chi connectivity index (χ2n) is 2.67. The number of ether oxygens (including phenoxy) is 1. The lowest BCUT2D eigenvalue weighted by molar-refractivity contribution is -0.757. The Labute approximate surface area is 82.3 Å². The average Bonchev–Trinajstić information content (AvgIpc) is 2.11. The minimum absolute atomic E-state index is 0.0931. The molecule has 0 atom stereocenters. The van der Waals surface area contributed by atoms with Crippen molar-refractivity contribution in [3.63, 3.8) is 0 Å². The molecule has 0 N–H and O–H groups in total. The van der Waals surface area contributed by atoms with E-state index in [1.54, 1.807) is 6.92 Å². The number of hydrogen-bond donors (Lipinski definition) is 0. The Morgan fingerprint density at radius 1 is 1.36 bits per heavy atom.